The first-order valence-electron chi connectivity index (χ1n) is 43.4. The average Bonchev–Trinajstić information content (AvgIpc) is 1.58. The molecule has 8 aromatic heterocycles. The zero-order chi connectivity index (χ0) is 85.8. The molecule has 4 spiro atoms. The second-order valence-corrected chi connectivity index (χ2v) is 38.7. The van der Waals surface area contributed by atoms with Crippen molar-refractivity contribution in [3.05, 3.63) is 190 Å². The summed E-state index contributed by atoms with van der Waals surface area (Å²) in [6.45, 7) is 17.9. The van der Waals surface area contributed by atoms with E-state index >= 15 is 0 Å². The van der Waals surface area contributed by atoms with Crippen LogP contribution in [-0.4, -0.2) is 165 Å². The molecule has 30 nitrogen and oxygen atoms in total. The Morgan fingerprint density at radius 3 is 1.16 bits per heavy atom. The van der Waals surface area contributed by atoms with Gasteiger partial charge in [-0.15, -0.1) is 0 Å². The van der Waals surface area contributed by atoms with E-state index in [1.54, 1.807) is 62.4 Å². The number of nitrogens with one attached hydrogen (secondary N) is 1. The first-order chi connectivity index (χ1) is 58.5. The molecular formula is C89H113Br2ClN26O4. The molecule has 11 N–H and O–H groups in total. The van der Waals surface area contributed by atoms with Crippen molar-refractivity contribution in [1.29, 1.82) is 0 Å². The Morgan fingerprint density at radius 2 is 0.787 bits per heavy atom. The van der Waals surface area contributed by atoms with Crippen molar-refractivity contribution in [2.75, 3.05) is 90.1 Å². The Morgan fingerprint density at radius 1 is 0.443 bits per heavy atom. The van der Waals surface area contributed by atoms with E-state index < -0.39 is 0 Å². The Bertz CT molecular complexity index is 5790. The first kappa shape index (κ1) is 84.9. The Labute approximate surface area is 732 Å². The number of hydrogen-bond acceptors (Lipinski definition) is 26. The number of piperidine rings is 4. The smallest absolute Gasteiger partial charge is 0.264 e. The second kappa shape index (κ2) is 33.6. The van der Waals surface area contributed by atoms with E-state index in [9.17, 15) is 19.2 Å². The first-order valence-corrected chi connectivity index (χ1v) is 45.4. The number of aliphatic imine (C=N–C) groups is 4. The van der Waals surface area contributed by atoms with Crippen LogP contribution < -0.4 is 75.8 Å². The standard InChI is InChI=1S/C23H30BrN7O.C22H27BrN6O.C22H28ClN7O.C22H28N6O/c1-13-4-6-23(19(13)25)7-10-31(11-8-23)22-29-15-12-28-18(16(15)21(32)30(22)3)14-5-9-27-20(26-2)17(14)24;1-13-3-5-22(19(13)24)6-9-29(10-7-22)21-27-15-12-26-18(17(15)20(30)28(21)2)14-4-8-25-16(23)11-14;1-12-9-15(24)22(10-12)4-7-30(8-5-22)21-28-14-11-27-18(16(14)20(31)29(21)2)13-3-6-26-19(25)17(13)23;1-14-11-17(23)22(12-14)5-9-28(10-6-22)21-26-16-13-25-19(15-3-7-24-8-4-15)18(16)20(29)27(21)2/h5,9,13,19H,4,6-8,10-12,25H2,1-3H3,(H,26,27);4,8,11,13,19H,3,5-7,9-10,12,24H2,1-2H3;3,6,12,15H,4-5,7-11,24H2,1-2H3,(H2,25,26);3-4,7-8,14,17H,5-6,9-13,23H2,1-2H3/t2*13-,19-;12-,15-;14-,17+/m1110/s1. The lowest BCUT2D eigenvalue weighted by atomic mass is 9.73. The third-order valence-electron chi connectivity index (χ3n) is 29.8. The lowest BCUT2D eigenvalue weighted by molar-refractivity contribution is 0.185. The predicted octanol–water partition coefficient (Wildman–Crippen LogP) is 9.28. The summed E-state index contributed by atoms with van der Waals surface area (Å²) in [6, 6.07) is 12.3. The predicted molar refractivity (Wildman–Crippen MR) is 488 cm³/mol. The van der Waals surface area contributed by atoms with Gasteiger partial charge in [0.25, 0.3) is 22.2 Å². The Hall–Kier alpha value is -9.31. The van der Waals surface area contributed by atoms with E-state index in [-0.39, 0.29) is 67.8 Å². The molecule has 4 saturated carbocycles. The highest BCUT2D eigenvalue weighted by molar-refractivity contribution is 9.10. The minimum absolute atomic E-state index is 0.0236. The topological polar surface area (TPSA) is 396 Å². The van der Waals surface area contributed by atoms with Crippen molar-refractivity contribution in [2.24, 2.45) is 116 Å². The molecule has 20 rings (SSSR count). The van der Waals surface area contributed by atoms with Gasteiger partial charge in [-0.3, -0.25) is 62.4 Å². The van der Waals surface area contributed by atoms with Crippen LogP contribution in [0.5, 0.6) is 0 Å². The fourth-order valence-electron chi connectivity index (χ4n) is 22.5. The third kappa shape index (κ3) is 15.1. The monoisotopic (exact) mass is 1800 g/mol. The minimum Gasteiger partial charge on any atom is -0.382 e. The summed E-state index contributed by atoms with van der Waals surface area (Å²) >= 11 is 13.4. The molecule has 12 aliphatic rings. The number of nitrogens with two attached hydrogens (primary N) is 5. The second-order valence-electron chi connectivity index (χ2n) is 36.8. The van der Waals surface area contributed by atoms with Crippen molar-refractivity contribution in [3.8, 4) is 0 Å². The van der Waals surface area contributed by atoms with Crippen LogP contribution in [0.3, 0.4) is 0 Å². The number of pyridine rings is 4. The van der Waals surface area contributed by atoms with E-state index in [1.165, 1.54) is 38.5 Å². The lowest BCUT2D eigenvalue weighted by Crippen LogP contribution is -2.49. The van der Waals surface area contributed by atoms with Crippen LogP contribution in [0.1, 0.15) is 198 Å². The molecule has 16 heterocycles. The molecule has 0 aromatic carbocycles. The molecule has 122 heavy (non-hydrogen) atoms. The van der Waals surface area contributed by atoms with Gasteiger partial charge in [-0.2, -0.15) is 0 Å². The molecule has 8 atom stereocenters. The lowest BCUT2D eigenvalue weighted by Gasteiger charge is -2.43. The van der Waals surface area contributed by atoms with Crippen LogP contribution >= 0.6 is 43.5 Å². The summed E-state index contributed by atoms with van der Waals surface area (Å²) in [5.74, 6) is 6.48. The van der Waals surface area contributed by atoms with E-state index in [2.05, 4.69) is 119 Å². The summed E-state index contributed by atoms with van der Waals surface area (Å²) in [5.41, 5.74) is 44.0. The number of fused-ring (bicyclic) bond motifs is 4. The van der Waals surface area contributed by atoms with E-state index in [4.69, 9.17) is 65.2 Å². The molecule has 8 fully saturated rings. The van der Waals surface area contributed by atoms with Gasteiger partial charge in [0.2, 0.25) is 23.8 Å². The SMILES string of the molecule is CNc1nccc(C2=NCc3nc(N4CCC5(CC[C@@H](C)[C@H]5N)CC4)n(C)c(=O)c32)c1Br.C[C@@H]1CCC2(CCN(c3nc4c(c(=O)n3C)C(c3ccnc(Br)c3)=NC4)CC2)[C@@H]1N.C[C@@H]1C[C@@H](N)C2(CCN(c3nc4c(c(=O)n3C)C(c3ccnc(N)c3Cl)=NC4)CC2)C1.C[C@H]1C[C@@H](N)C2(CCN(c3nc4c(c(=O)n3C)C(c3ccncc3)=NC4)CC2)C1. The van der Waals surface area contributed by atoms with Crippen LogP contribution in [0.4, 0.5) is 35.4 Å². The van der Waals surface area contributed by atoms with Crippen molar-refractivity contribution in [3.63, 3.8) is 0 Å². The van der Waals surface area contributed by atoms with E-state index in [0.717, 1.165) is 183 Å². The zero-order valence-corrected chi connectivity index (χ0v) is 75.3. The molecule has 4 aliphatic carbocycles. The van der Waals surface area contributed by atoms with Gasteiger partial charge in [0.1, 0.15) is 16.2 Å². The Balaban J connectivity index is 0.000000116. The molecule has 8 aromatic rings. The fraction of sp³-hybridized carbons (Fsp3) is 0.551. The van der Waals surface area contributed by atoms with Gasteiger partial charge in [0.15, 0.2) is 0 Å². The molecule has 0 bridgehead atoms. The van der Waals surface area contributed by atoms with Crippen molar-refractivity contribution in [2.45, 2.75) is 181 Å². The van der Waals surface area contributed by atoms with Gasteiger partial charge in [-0.05, 0) is 216 Å². The summed E-state index contributed by atoms with van der Waals surface area (Å²) in [6.07, 6.45) is 26.5. The molecule has 644 valence electrons. The van der Waals surface area contributed by atoms with Crippen molar-refractivity contribution in [1.82, 2.24) is 58.1 Å². The normalized spacial score (nSPS) is 24.7. The maximum atomic E-state index is 13.5. The molecule has 8 aliphatic heterocycles. The maximum absolute atomic E-state index is 13.5. The number of nitrogen functional groups attached to an aromatic ring is 1. The highest BCUT2D eigenvalue weighted by Gasteiger charge is 2.51. The number of hydrogen-bond donors (Lipinski definition) is 6. The fourth-order valence-corrected chi connectivity index (χ4v) is 23.7. The van der Waals surface area contributed by atoms with Crippen LogP contribution in [0.2, 0.25) is 5.02 Å². The van der Waals surface area contributed by atoms with Gasteiger partial charge in [0, 0.05) is 165 Å². The third-order valence-corrected chi connectivity index (χ3v) is 31.4. The molecule has 0 radical (unpaired) electrons. The molecule has 4 saturated heterocycles. The number of halogens is 3. The molecular weight excluding hydrogens is 1690 g/mol. The number of aromatic nitrogens is 12. The zero-order valence-electron chi connectivity index (χ0n) is 71.4. The van der Waals surface area contributed by atoms with Gasteiger partial charge in [-0.1, -0.05) is 39.3 Å². The number of nitrogens with zero attached hydrogens (tertiary/aromatic N) is 20. The molecule has 0 amide bonds. The average molecular weight is 1810 g/mol. The summed E-state index contributed by atoms with van der Waals surface area (Å²) in [7, 11) is 9.04. The highest BCUT2D eigenvalue weighted by Crippen LogP contribution is 2.53. The quantitative estimate of drug-likeness (QED) is 0.0733. The molecule has 0 unspecified atom stereocenters. The highest BCUT2D eigenvalue weighted by atomic mass is 79.9. The van der Waals surface area contributed by atoms with Gasteiger partial charge < -0.3 is 53.6 Å². The summed E-state index contributed by atoms with van der Waals surface area (Å²) in [4.78, 5) is 117. The largest absolute Gasteiger partial charge is 0.382 e. The van der Waals surface area contributed by atoms with Crippen molar-refractivity contribution < 1.29 is 0 Å². The van der Waals surface area contributed by atoms with Crippen LogP contribution in [0.25, 0.3) is 0 Å². The van der Waals surface area contributed by atoms with Crippen molar-refractivity contribution >= 4 is 102 Å². The van der Waals surface area contributed by atoms with Gasteiger partial charge in [0.05, 0.1) is 104 Å². The van der Waals surface area contributed by atoms with Crippen LogP contribution in [0, 0.1) is 45.3 Å². The van der Waals surface area contributed by atoms with E-state index in [1.807, 2.05) is 58.5 Å². The maximum Gasteiger partial charge on any atom is 0.264 e. The Kier molecular flexibility index (Phi) is 23.4. The van der Waals surface area contributed by atoms with Gasteiger partial charge in [-0.25, -0.2) is 34.9 Å². The van der Waals surface area contributed by atoms with Crippen LogP contribution in [-0.2, 0) is 54.4 Å². The van der Waals surface area contributed by atoms with Crippen LogP contribution in [0.15, 0.2) is 116 Å². The minimum atomic E-state index is -0.117. The summed E-state index contributed by atoms with van der Waals surface area (Å²) in [5, 5.41) is 3.37. The summed E-state index contributed by atoms with van der Waals surface area (Å²) < 4.78 is 8.21. The van der Waals surface area contributed by atoms with E-state index in [0.29, 0.717) is 123 Å². The number of rotatable bonds is 9. The number of anilines is 6. The van der Waals surface area contributed by atoms with Gasteiger partial charge >= 0.3 is 0 Å². The molecule has 33 heteroatoms.